The number of piperidine rings is 1. The van der Waals surface area contributed by atoms with Crippen LogP contribution >= 0.6 is 11.6 Å². The van der Waals surface area contributed by atoms with Gasteiger partial charge < -0.3 is 9.74 Å². The molecule has 1 aliphatic rings. The zero-order valence-electron chi connectivity index (χ0n) is 11.8. The molecule has 0 aliphatic carbocycles. The van der Waals surface area contributed by atoms with Crippen LogP contribution in [-0.2, 0) is 11.0 Å². The molecule has 1 saturated heterocycles. The number of pyridine rings is 1. The van der Waals surface area contributed by atoms with Gasteiger partial charge in [0.2, 0.25) is 0 Å². The summed E-state index contributed by atoms with van der Waals surface area (Å²) in [6.45, 7) is 1.40. The van der Waals surface area contributed by atoms with Gasteiger partial charge in [0.05, 0.1) is 12.7 Å². The second-order valence-corrected chi connectivity index (χ2v) is 5.31. The van der Waals surface area contributed by atoms with E-state index in [0.29, 0.717) is 24.9 Å². The highest BCUT2D eigenvalue weighted by Gasteiger charge is 2.34. The molecule has 4 nitrogen and oxygen atoms in total. The Morgan fingerprint density at radius 1 is 1.33 bits per heavy atom. The normalized spacial score (nSPS) is 17.6. The smallest absolute Gasteiger partial charge is 0.356 e. The maximum atomic E-state index is 12.6. The lowest BCUT2D eigenvalue weighted by molar-refractivity contribution is -0.145. The van der Waals surface area contributed by atoms with E-state index in [-0.39, 0.29) is 0 Å². The van der Waals surface area contributed by atoms with Gasteiger partial charge in [-0.05, 0) is 25.0 Å². The van der Waals surface area contributed by atoms with E-state index in [4.69, 9.17) is 16.4 Å². The van der Waals surface area contributed by atoms with Crippen molar-refractivity contribution in [3.63, 3.8) is 0 Å². The van der Waals surface area contributed by atoms with Gasteiger partial charge in [-0.2, -0.15) is 18.2 Å². The highest BCUT2D eigenvalue weighted by molar-refractivity contribution is 6.30. The van der Waals surface area contributed by atoms with Crippen molar-refractivity contribution in [2.45, 2.75) is 25.1 Å². The fourth-order valence-electron chi connectivity index (χ4n) is 2.42. The third kappa shape index (κ3) is 3.78. The van der Waals surface area contributed by atoms with Gasteiger partial charge in [0.25, 0.3) is 0 Å². The molecule has 0 radical (unpaired) electrons. The molecule has 21 heavy (non-hydrogen) atoms. The average Bonchev–Trinajstić information content (AvgIpc) is 2.45. The number of alkyl halides is 3. The van der Waals surface area contributed by atoms with Crippen LogP contribution < -0.4 is 4.90 Å². The summed E-state index contributed by atoms with van der Waals surface area (Å²) < 4.78 is 37.9. The van der Waals surface area contributed by atoms with Crippen LogP contribution in [-0.4, -0.2) is 43.3 Å². The van der Waals surface area contributed by atoms with E-state index in [0.717, 1.165) is 18.9 Å². The SMILES string of the molecule is CON(C)C1CCN(c2ccc(C(F)(F)F)c(Cl)n2)CC1. The Hall–Kier alpha value is -1.05. The lowest BCUT2D eigenvalue weighted by Gasteiger charge is -2.36. The Morgan fingerprint density at radius 2 is 1.95 bits per heavy atom. The summed E-state index contributed by atoms with van der Waals surface area (Å²) in [4.78, 5) is 11.0. The molecule has 1 aromatic rings. The van der Waals surface area contributed by atoms with E-state index < -0.39 is 16.9 Å². The molecule has 0 saturated carbocycles. The number of nitrogens with zero attached hydrogens (tertiary/aromatic N) is 3. The van der Waals surface area contributed by atoms with E-state index in [2.05, 4.69) is 4.98 Å². The topological polar surface area (TPSA) is 28.6 Å². The molecule has 0 spiro atoms. The number of rotatable bonds is 3. The maximum absolute atomic E-state index is 12.6. The van der Waals surface area contributed by atoms with Gasteiger partial charge in [-0.1, -0.05) is 11.6 Å². The summed E-state index contributed by atoms with van der Waals surface area (Å²) in [5.74, 6) is 0.478. The highest BCUT2D eigenvalue weighted by atomic mass is 35.5. The van der Waals surface area contributed by atoms with Crippen LogP contribution in [0.2, 0.25) is 5.15 Å². The summed E-state index contributed by atoms with van der Waals surface area (Å²) in [7, 11) is 3.48. The molecule has 0 unspecified atom stereocenters. The summed E-state index contributed by atoms with van der Waals surface area (Å²) in [6, 6.07) is 2.66. The van der Waals surface area contributed by atoms with Gasteiger partial charge >= 0.3 is 6.18 Å². The minimum absolute atomic E-state index is 0.302. The van der Waals surface area contributed by atoms with Crippen molar-refractivity contribution < 1.29 is 18.0 Å². The summed E-state index contributed by atoms with van der Waals surface area (Å²) in [5.41, 5.74) is -0.901. The highest BCUT2D eigenvalue weighted by Crippen LogP contribution is 2.35. The molecule has 0 aromatic carbocycles. The molecule has 0 bridgehead atoms. The molecule has 1 aromatic heterocycles. The zero-order valence-corrected chi connectivity index (χ0v) is 12.6. The lowest BCUT2D eigenvalue weighted by atomic mass is 10.1. The Morgan fingerprint density at radius 3 is 2.43 bits per heavy atom. The van der Waals surface area contributed by atoms with Crippen LogP contribution in [0.25, 0.3) is 0 Å². The quantitative estimate of drug-likeness (QED) is 0.631. The lowest BCUT2D eigenvalue weighted by Crippen LogP contribution is -2.43. The third-order valence-electron chi connectivity index (χ3n) is 3.73. The fraction of sp³-hybridized carbons (Fsp3) is 0.615. The van der Waals surface area contributed by atoms with Crippen LogP contribution in [0.3, 0.4) is 0 Å². The van der Waals surface area contributed by atoms with Gasteiger partial charge in [0.1, 0.15) is 11.0 Å². The second-order valence-electron chi connectivity index (χ2n) is 4.95. The fourth-order valence-corrected chi connectivity index (χ4v) is 2.68. The van der Waals surface area contributed by atoms with Crippen molar-refractivity contribution in [1.29, 1.82) is 0 Å². The van der Waals surface area contributed by atoms with Crippen LogP contribution in [0.4, 0.5) is 19.0 Å². The number of hydroxylamine groups is 2. The van der Waals surface area contributed by atoms with Crippen LogP contribution in [0.5, 0.6) is 0 Å². The molecule has 0 atom stereocenters. The van der Waals surface area contributed by atoms with Crippen molar-refractivity contribution in [1.82, 2.24) is 10.0 Å². The van der Waals surface area contributed by atoms with Gasteiger partial charge in [-0.25, -0.2) is 4.98 Å². The largest absolute Gasteiger partial charge is 0.419 e. The number of anilines is 1. The predicted octanol–water partition coefficient (Wildman–Crippen LogP) is 3.22. The molecule has 1 aliphatic heterocycles. The molecule has 0 amide bonds. The Bertz CT molecular complexity index is 490. The van der Waals surface area contributed by atoms with Gasteiger partial charge in [0, 0.05) is 26.2 Å². The second kappa shape index (κ2) is 6.37. The first-order chi connectivity index (χ1) is 9.82. The molecule has 118 valence electrons. The Balaban J connectivity index is 2.06. The minimum atomic E-state index is -4.48. The number of aromatic nitrogens is 1. The van der Waals surface area contributed by atoms with Crippen LogP contribution in [0.1, 0.15) is 18.4 Å². The standard InChI is InChI=1S/C13H17ClF3N3O/c1-19(21-2)9-5-7-20(8-6-9)11-4-3-10(12(14)18-11)13(15,16)17/h3-4,9H,5-8H2,1-2H3. The van der Waals surface area contributed by atoms with Crippen molar-refractivity contribution >= 4 is 17.4 Å². The van der Waals surface area contributed by atoms with Crippen molar-refractivity contribution in [3.05, 3.63) is 22.8 Å². The summed E-state index contributed by atoms with van der Waals surface area (Å²) in [6.07, 6.45) is -2.77. The predicted molar refractivity (Wildman–Crippen MR) is 74.3 cm³/mol. The van der Waals surface area contributed by atoms with E-state index in [1.54, 1.807) is 12.2 Å². The Kier molecular flexibility index (Phi) is 4.95. The monoisotopic (exact) mass is 323 g/mol. The van der Waals surface area contributed by atoms with Crippen molar-refractivity contribution in [2.75, 3.05) is 32.1 Å². The van der Waals surface area contributed by atoms with Crippen LogP contribution in [0, 0.1) is 0 Å². The number of hydrogen-bond donors (Lipinski definition) is 0. The molecular weight excluding hydrogens is 307 g/mol. The first kappa shape index (κ1) is 16.3. The van der Waals surface area contributed by atoms with E-state index >= 15 is 0 Å². The summed E-state index contributed by atoms with van der Waals surface area (Å²) >= 11 is 5.65. The van der Waals surface area contributed by atoms with Crippen molar-refractivity contribution in [2.24, 2.45) is 0 Å². The van der Waals surface area contributed by atoms with E-state index in [9.17, 15) is 13.2 Å². The van der Waals surface area contributed by atoms with Crippen molar-refractivity contribution in [3.8, 4) is 0 Å². The molecular formula is C13H17ClF3N3O. The maximum Gasteiger partial charge on any atom is 0.419 e. The first-order valence-electron chi connectivity index (χ1n) is 6.58. The molecule has 0 N–H and O–H groups in total. The van der Waals surface area contributed by atoms with E-state index in [1.165, 1.54) is 6.07 Å². The van der Waals surface area contributed by atoms with E-state index in [1.807, 2.05) is 11.9 Å². The van der Waals surface area contributed by atoms with Gasteiger partial charge in [-0.3, -0.25) is 0 Å². The average molecular weight is 324 g/mol. The summed E-state index contributed by atoms with van der Waals surface area (Å²) in [5, 5.41) is 1.29. The number of hydrogen-bond acceptors (Lipinski definition) is 4. The van der Waals surface area contributed by atoms with Gasteiger partial charge in [0.15, 0.2) is 0 Å². The third-order valence-corrected chi connectivity index (χ3v) is 4.02. The Labute approximate surface area is 126 Å². The zero-order chi connectivity index (χ0) is 15.6. The number of halogens is 4. The molecule has 2 rings (SSSR count). The minimum Gasteiger partial charge on any atom is -0.356 e. The van der Waals surface area contributed by atoms with Crippen LogP contribution in [0.15, 0.2) is 12.1 Å². The molecule has 8 heteroatoms. The van der Waals surface area contributed by atoms with Gasteiger partial charge in [-0.15, -0.1) is 0 Å². The molecule has 2 heterocycles. The molecule has 1 fully saturated rings. The first-order valence-corrected chi connectivity index (χ1v) is 6.96.